The Balaban J connectivity index is 2.73. The van der Waals surface area contributed by atoms with Gasteiger partial charge in [0.2, 0.25) is 0 Å². The average Bonchev–Trinajstić information content (AvgIpc) is 3.37. The lowest BCUT2D eigenvalue weighted by Gasteiger charge is -2.40. The van der Waals surface area contributed by atoms with Crippen LogP contribution in [0.15, 0.2) is 60.8 Å². The maximum absolute atomic E-state index is 13.1. The molecule has 1 saturated heterocycles. The average molecular weight is 1030 g/mol. The predicted octanol–water partition coefficient (Wildman–Crippen LogP) is 14.8. The first-order chi connectivity index (χ1) is 35.6. The van der Waals surface area contributed by atoms with Gasteiger partial charge < -0.3 is 39.0 Å². The van der Waals surface area contributed by atoms with Crippen molar-refractivity contribution >= 4 is 23.9 Å². The van der Waals surface area contributed by atoms with Crippen molar-refractivity contribution in [2.75, 3.05) is 13.2 Å². The molecule has 6 atom stereocenters. The first-order valence-corrected chi connectivity index (χ1v) is 29.3. The number of hydrogen-bond donors (Lipinski definition) is 3. The number of esters is 3. The van der Waals surface area contributed by atoms with Crippen molar-refractivity contribution in [1.29, 1.82) is 0 Å². The van der Waals surface area contributed by atoms with Crippen LogP contribution in [0.5, 0.6) is 0 Å². The molecule has 12 nitrogen and oxygen atoms in total. The number of carboxylic acid groups (broad SMARTS) is 1. The van der Waals surface area contributed by atoms with E-state index in [1.54, 1.807) is 6.08 Å². The highest BCUT2D eigenvalue weighted by Gasteiger charge is 2.50. The van der Waals surface area contributed by atoms with E-state index >= 15 is 0 Å². The fourth-order valence-corrected chi connectivity index (χ4v) is 8.68. The van der Waals surface area contributed by atoms with Crippen LogP contribution >= 0.6 is 0 Å². The van der Waals surface area contributed by atoms with Crippen LogP contribution in [0, 0.1) is 0 Å². The summed E-state index contributed by atoms with van der Waals surface area (Å²) in [6.45, 7) is 5.79. The largest absolute Gasteiger partial charge is 0.479 e. The molecule has 0 aromatic carbocycles. The number of unbranched alkanes of at least 4 members (excludes halogenated alkanes) is 26. The molecule has 0 saturated carbocycles. The summed E-state index contributed by atoms with van der Waals surface area (Å²) in [5.74, 6) is -3.27. The molecule has 1 rings (SSSR count). The number of carboxylic acids is 1. The number of carbonyl (C=O) groups excluding carboxylic acids is 3. The van der Waals surface area contributed by atoms with Crippen LogP contribution < -0.4 is 0 Å². The predicted molar refractivity (Wildman–Crippen MR) is 294 cm³/mol. The monoisotopic (exact) mass is 1030 g/mol. The van der Waals surface area contributed by atoms with Crippen LogP contribution in [0.2, 0.25) is 0 Å². The fraction of sp³-hybridized carbons (Fsp3) is 0.770. The van der Waals surface area contributed by atoms with Gasteiger partial charge in [-0.05, 0) is 44.9 Å². The second-order valence-electron chi connectivity index (χ2n) is 19.9. The first-order valence-electron chi connectivity index (χ1n) is 29.3. The summed E-state index contributed by atoms with van der Waals surface area (Å²) in [6.07, 6.45) is 48.0. The molecular formula is C61H104O12. The number of aliphatic carboxylic acids is 1. The van der Waals surface area contributed by atoms with Crippen molar-refractivity contribution in [2.45, 2.75) is 289 Å². The third-order valence-corrected chi connectivity index (χ3v) is 13.1. The van der Waals surface area contributed by atoms with Crippen LogP contribution in [0.4, 0.5) is 0 Å². The number of aliphatic hydroxyl groups is 2. The molecule has 0 aliphatic carbocycles. The van der Waals surface area contributed by atoms with Crippen molar-refractivity contribution in [3.8, 4) is 0 Å². The van der Waals surface area contributed by atoms with Gasteiger partial charge in [0.25, 0.3) is 0 Å². The van der Waals surface area contributed by atoms with E-state index < -0.39 is 67.3 Å². The van der Waals surface area contributed by atoms with E-state index in [0.717, 1.165) is 70.6 Å². The molecule has 6 unspecified atom stereocenters. The highest BCUT2D eigenvalue weighted by atomic mass is 16.7. The van der Waals surface area contributed by atoms with Crippen LogP contribution in [0.1, 0.15) is 252 Å². The Morgan fingerprint density at radius 3 is 1.26 bits per heavy atom. The molecule has 73 heavy (non-hydrogen) atoms. The van der Waals surface area contributed by atoms with Crippen LogP contribution in [-0.4, -0.2) is 89.2 Å². The maximum atomic E-state index is 13.1. The molecular weight excluding hydrogens is 925 g/mol. The summed E-state index contributed by atoms with van der Waals surface area (Å²) in [5.41, 5.74) is 0. The normalized spacial score (nSPS) is 18.7. The third kappa shape index (κ3) is 39.5. The van der Waals surface area contributed by atoms with E-state index in [1.165, 1.54) is 122 Å². The summed E-state index contributed by atoms with van der Waals surface area (Å²) < 4.78 is 28.3. The van der Waals surface area contributed by atoms with Gasteiger partial charge in [-0.15, -0.1) is 0 Å². The van der Waals surface area contributed by atoms with E-state index in [9.17, 15) is 34.5 Å². The second-order valence-corrected chi connectivity index (χ2v) is 19.9. The molecule has 0 aromatic rings. The van der Waals surface area contributed by atoms with Gasteiger partial charge in [-0.2, -0.15) is 0 Å². The highest BCUT2D eigenvalue weighted by molar-refractivity contribution is 5.74. The smallest absolute Gasteiger partial charge is 0.335 e. The minimum atomic E-state index is -1.91. The molecule has 3 N–H and O–H groups in total. The number of ether oxygens (including phenoxy) is 5. The van der Waals surface area contributed by atoms with Gasteiger partial charge in [0.15, 0.2) is 24.6 Å². The zero-order valence-electron chi connectivity index (χ0n) is 46.1. The third-order valence-electron chi connectivity index (χ3n) is 13.1. The standard InChI is InChI=1S/C61H104O12/c1-4-7-10-13-16-19-22-24-26-27-29-30-33-35-38-41-44-47-53(62)69-50-52(71-54(63)48-45-42-39-37-34-31-28-25-23-20-17-14-11-8-5-2)51-70-61-59(57(66)56(65)58(73-61)60(67)68)72-55(64)49-46-43-40-36-32-21-18-15-12-9-6-3/h8,11,17,20,25,28,34,37,42,45,52,56-59,61,65-66H,4-7,9-10,12-16,18-19,21-24,26-27,29-33,35-36,38-41,43-44,46-51H2,1-3H3,(H,67,68)/b11-8-,20-17-,28-25-,37-34-,45-42-. The molecule has 1 aliphatic heterocycles. The van der Waals surface area contributed by atoms with E-state index in [2.05, 4.69) is 63.3 Å². The minimum Gasteiger partial charge on any atom is -0.479 e. The highest BCUT2D eigenvalue weighted by Crippen LogP contribution is 2.26. The number of allylic oxidation sites excluding steroid dienone is 9. The number of aliphatic hydroxyl groups excluding tert-OH is 2. The van der Waals surface area contributed by atoms with Crippen LogP contribution in [0.25, 0.3) is 0 Å². The molecule has 0 spiro atoms. The van der Waals surface area contributed by atoms with Gasteiger partial charge >= 0.3 is 23.9 Å². The fourth-order valence-electron chi connectivity index (χ4n) is 8.68. The Kier molecular flexibility index (Phi) is 45.5. The van der Waals surface area contributed by atoms with E-state index in [1.807, 2.05) is 12.2 Å². The number of hydrogen-bond acceptors (Lipinski definition) is 11. The van der Waals surface area contributed by atoms with Gasteiger partial charge in [-0.1, -0.05) is 248 Å². The Hall–Kier alpha value is -3.58. The quantitative estimate of drug-likeness (QED) is 0.0228. The van der Waals surface area contributed by atoms with Gasteiger partial charge in [-0.25, -0.2) is 4.79 Å². The molecule has 1 heterocycles. The van der Waals surface area contributed by atoms with Crippen LogP contribution in [0.3, 0.4) is 0 Å². The van der Waals surface area contributed by atoms with E-state index in [4.69, 9.17) is 23.7 Å². The van der Waals surface area contributed by atoms with Crippen molar-refractivity contribution < 1.29 is 58.2 Å². The summed E-state index contributed by atoms with van der Waals surface area (Å²) >= 11 is 0. The van der Waals surface area contributed by atoms with Gasteiger partial charge in [0.05, 0.1) is 13.0 Å². The van der Waals surface area contributed by atoms with Gasteiger partial charge in [-0.3, -0.25) is 14.4 Å². The van der Waals surface area contributed by atoms with Gasteiger partial charge in [0.1, 0.15) is 18.8 Å². The Morgan fingerprint density at radius 2 is 0.849 bits per heavy atom. The zero-order chi connectivity index (χ0) is 53.3. The van der Waals surface area contributed by atoms with Crippen molar-refractivity contribution in [2.24, 2.45) is 0 Å². The number of rotatable bonds is 49. The summed E-state index contributed by atoms with van der Waals surface area (Å²) in [6, 6.07) is 0. The molecule has 1 fully saturated rings. The lowest BCUT2D eigenvalue weighted by atomic mass is 9.98. The van der Waals surface area contributed by atoms with Crippen LogP contribution in [-0.2, 0) is 42.9 Å². The maximum Gasteiger partial charge on any atom is 0.335 e. The second kappa shape index (κ2) is 49.3. The molecule has 0 bridgehead atoms. The van der Waals surface area contributed by atoms with Crippen molar-refractivity contribution in [3.63, 3.8) is 0 Å². The Labute approximate surface area is 443 Å². The SMILES string of the molecule is CC/C=C\C/C=C\C/C=C\C/C=C\C/C=C\CC(=O)OC(COC(=O)CCCCCCCCCCCCCCCCCCC)COC1OC(C(=O)O)C(O)C(O)C1OC(=O)CCCCCCCCCCCCC. The lowest BCUT2D eigenvalue weighted by Crippen LogP contribution is -2.61. The van der Waals surface area contributed by atoms with E-state index in [0.29, 0.717) is 19.3 Å². The topological polar surface area (TPSA) is 175 Å². The summed E-state index contributed by atoms with van der Waals surface area (Å²) in [7, 11) is 0. The van der Waals surface area contributed by atoms with E-state index in [-0.39, 0.29) is 25.9 Å². The number of carbonyl (C=O) groups is 4. The van der Waals surface area contributed by atoms with Gasteiger partial charge in [0, 0.05) is 12.8 Å². The molecule has 0 aromatic heterocycles. The van der Waals surface area contributed by atoms with Crippen molar-refractivity contribution in [3.05, 3.63) is 60.8 Å². The molecule has 1 aliphatic rings. The molecule has 0 amide bonds. The van der Waals surface area contributed by atoms with Crippen molar-refractivity contribution in [1.82, 2.24) is 0 Å². The minimum absolute atomic E-state index is 0.0524. The zero-order valence-corrected chi connectivity index (χ0v) is 46.1. The molecule has 420 valence electrons. The Morgan fingerprint density at radius 1 is 0.466 bits per heavy atom. The molecule has 12 heteroatoms. The molecule has 0 radical (unpaired) electrons. The first kappa shape index (κ1) is 67.4. The Bertz CT molecular complexity index is 1500. The summed E-state index contributed by atoms with van der Waals surface area (Å²) in [4.78, 5) is 51.0. The lowest BCUT2D eigenvalue weighted by molar-refractivity contribution is -0.301. The summed E-state index contributed by atoms with van der Waals surface area (Å²) in [5, 5.41) is 31.4.